The van der Waals surface area contributed by atoms with Crippen LogP contribution in [-0.2, 0) is 20.2 Å². The summed E-state index contributed by atoms with van der Waals surface area (Å²) in [5.74, 6) is -0.331. The standard InChI is InChI=1S/C20H14N2O7S2.Ba/c23-17-8-6-12-3-1-2-4-16(12)20(17)22-21-15-7-5-13-10-18(30(24,25)26)19(31(27,28)29)11-14(13)9-15;/h1-11,23H,(H,24,25,26)(H,27,28,29);/q;+2/p-2. The first-order valence-corrected chi connectivity index (χ1v) is 11.5. The first-order chi connectivity index (χ1) is 14.5. The molecule has 4 rings (SSSR count). The molecule has 0 amide bonds. The molecule has 0 saturated heterocycles. The van der Waals surface area contributed by atoms with Gasteiger partial charge in [0.2, 0.25) is 0 Å². The average Bonchev–Trinajstić information content (AvgIpc) is 2.70. The van der Waals surface area contributed by atoms with Gasteiger partial charge in [0.15, 0.2) is 0 Å². The fraction of sp³-hybridized carbons (Fsp3) is 0. The predicted octanol–water partition coefficient (Wildman–Crippen LogP) is 3.25. The smallest absolute Gasteiger partial charge is 0.871 e. The summed E-state index contributed by atoms with van der Waals surface area (Å²) in [6.07, 6.45) is 0. The molecule has 4 aromatic rings. The molecule has 12 heteroatoms. The second-order valence-electron chi connectivity index (χ2n) is 6.59. The van der Waals surface area contributed by atoms with Crippen LogP contribution in [0.25, 0.3) is 21.5 Å². The largest absolute Gasteiger partial charge is 2.00 e. The molecule has 4 aromatic carbocycles. The first-order valence-electron chi connectivity index (χ1n) is 8.66. The molecule has 0 unspecified atom stereocenters. The summed E-state index contributed by atoms with van der Waals surface area (Å²) in [6, 6.07) is 16.2. The zero-order valence-electron chi connectivity index (χ0n) is 16.2. The van der Waals surface area contributed by atoms with Crippen molar-refractivity contribution in [3.05, 3.63) is 66.7 Å². The van der Waals surface area contributed by atoms with Crippen LogP contribution >= 0.6 is 0 Å². The van der Waals surface area contributed by atoms with Crippen LogP contribution in [0.1, 0.15) is 0 Å². The Labute approximate surface area is 223 Å². The van der Waals surface area contributed by atoms with E-state index in [4.69, 9.17) is 0 Å². The van der Waals surface area contributed by atoms with E-state index in [-0.39, 0.29) is 76.8 Å². The molecule has 0 aromatic heterocycles. The van der Waals surface area contributed by atoms with Crippen LogP contribution in [-0.4, -0.2) is 74.8 Å². The maximum atomic E-state index is 12.2. The van der Waals surface area contributed by atoms with E-state index in [0.29, 0.717) is 5.39 Å². The molecule has 0 bridgehead atoms. The summed E-state index contributed by atoms with van der Waals surface area (Å²) < 4.78 is 66.7. The van der Waals surface area contributed by atoms with E-state index in [0.717, 1.165) is 17.5 Å². The van der Waals surface area contributed by atoms with Crippen LogP contribution in [0.2, 0.25) is 0 Å². The van der Waals surface area contributed by atoms with Gasteiger partial charge in [0, 0.05) is 5.39 Å². The Bertz CT molecular complexity index is 1600. The normalized spacial score (nSPS) is 12.3. The Hall–Kier alpha value is -1.81. The molecule has 158 valence electrons. The summed E-state index contributed by atoms with van der Waals surface area (Å²) >= 11 is 0. The van der Waals surface area contributed by atoms with Gasteiger partial charge >= 0.3 is 48.9 Å². The van der Waals surface area contributed by atoms with E-state index in [9.17, 15) is 31.0 Å². The van der Waals surface area contributed by atoms with Gasteiger partial charge in [-0.25, -0.2) is 8.42 Å². The van der Waals surface area contributed by atoms with E-state index in [1.54, 1.807) is 18.2 Å². The van der Waals surface area contributed by atoms with Gasteiger partial charge in [-0.15, -0.1) is 0 Å². The maximum Gasteiger partial charge on any atom is 2.00 e. The van der Waals surface area contributed by atoms with E-state index in [1.807, 2.05) is 12.1 Å². The summed E-state index contributed by atoms with van der Waals surface area (Å²) in [5.41, 5.74) is 0.364. The third kappa shape index (κ3) is 5.06. The van der Waals surface area contributed by atoms with Crippen LogP contribution in [0, 0.1) is 0 Å². The minimum absolute atomic E-state index is 0. The van der Waals surface area contributed by atoms with Crippen molar-refractivity contribution in [3.63, 3.8) is 0 Å². The van der Waals surface area contributed by atoms with Crippen molar-refractivity contribution in [2.75, 3.05) is 0 Å². The van der Waals surface area contributed by atoms with E-state index < -0.39 is 30.0 Å². The van der Waals surface area contributed by atoms with Crippen molar-refractivity contribution < 1.29 is 31.0 Å². The van der Waals surface area contributed by atoms with Crippen molar-refractivity contribution in [2.45, 2.75) is 9.79 Å². The minimum Gasteiger partial charge on any atom is -0.871 e. The fourth-order valence-corrected chi connectivity index (χ4v) is 4.94. The van der Waals surface area contributed by atoms with Crippen LogP contribution in [0.15, 0.2) is 86.7 Å². The minimum atomic E-state index is -5.16. The molecule has 9 nitrogen and oxygen atoms in total. The SMILES string of the molecule is O=S(=O)([O-])c1cc2ccc(N=Nc3c([O-])ccc4ccccc34)cc2cc1S(=O)(=O)O.[Ba+2]. The van der Waals surface area contributed by atoms with Crippen molar-refractivity contribution in [1.29, 1.82) is 0 Å². The predicted molar refractivity (Wildman–Crippen MR) is 115 cm³/mol. The Kier molecular flexibility index (Phi) is 7.14. The molecule has 0 fully saturated rings. The molecule has 1 N–H and O–H groups in total. The number of benzene rings is 4. The first kappa shape index (κ1) is 24.8. The van der Waals surface area contributed by atoms with Crippen molar-refractivity contribution >= 4 is 102 Å². The molecule has 0 radical (unpaired) electrons. The summed E-state index contributed by atoms with van der Waals surface area (Å²) in [6.45, 7) is 0. The summed E-state index contributed by atoms with van der Waals surface area (Å²) in [7, 11) is -10.1. The number of fused-ring (bicyclic) bond motifs is 2. The number of hydrogen-bond donors (Lipinski definition) is 1. The van der Waals surface area contributed by atoms with Crippen LogP contribution in [0.4, 0.5) is 11.4 Å². The van der Waals surface area contributed by atoms with Gasteiger partial charge < -0.3 is 9.66 Å². The van der Waals surface area contributed by atoms with Crippen LogP contribution in [0.5, 0.6) is 5.75 Å². The molecular formula is C20H12BaN2O7S2. The zero-order chi connectivity index (χ0) is 22.4. The zero-order valence-corrected chi connectivity index (χ0v) is 22.2. The number of azo groups is 1. The third-order valence-electron chi connectivity index (χ3n) is 4.56. The van der Waals surface area contributed by atoms with Gasteiger partial charge in [-0.1, -0.05) is 48.2 Å². The van der Waals surface area contributed by atoms with E-state index in [2.05, 4.69) is 10.2 Å². The second kappa shape index (κ2) is 9.21. The second-order valence-corrected chi connectivity index (χ2v) is 9.33. The molecule has 0 atom stereocenters. The van der Waals surface area contributed by atoms with E-state index >= 15 is 0 Å². The summed E-state index contributed by atoms with van der Waals surface area (Å²) in [4.78, 5) is -2.08. The number of hydrogen-bond acceptors (Lipinski definition) is 8. The Balaban J connectivity index is 0.00000289. The van der Waals surface area contributed by atoms with Crippen molar-refractivity contribution in [2.24, 2.45) is 10.2 Å². The molecular weight excluding hydrogens is 582 g/mol. The van der Waals surface area contributed by atoms with Gasteiger partial charge in [-0.3, -0.25) is 4.55 Å². The van der Waals surface area contributed by atoms with Gasteiger partial charge in [0.25, 0.3) is 10.1 Å². The Morgan fingerprint density at radius 1 is 0.750 bits per heavy atom. The number of nitrogens with zero attached hydrogens (tertiary/aromatic N) is 2. The van der Waals surface area contributed by atoms with Crippen LogP contribution < -0.4 is 5.11 Å². The topological polar surface area (TPSA) is 159 Å². The van der Waals surface area contributed by atoms with E-state index in [1.165, 1.54) is 24.3 Å². The molecule has 0 heterocycles. The van der Waals surface area contributed by atoms with Gasteiger partial charge in [0.05, 0.1) is 16.3 Å². The molecule has 0 aliphatic carbocycles. The molecule has 0 spiro atoms. The number of rotatable bonds is 4. The Morgan fingerprint density at radius 3 is 2.09 bits per heavy atom. The van der Waals surface area contributed by atoms with Crippen molar-refractivity contribution in [3.8, 4) is 5.75 Å². The molecule has 32 heavy (non-hydrogen) atoms. The quantitative estimate of drug-likeness (QED) is 0.216. The third-order valence-corrected chi connectivity index (χ3v) is 6.46. The van der Waals surface area contributed by atoms with Gasteiger partial charge in [-0.2, -0.15) is 18.6 Å². The fourth-order valence-electron chi connectivity index (χ4n) is 3.15. The van der Waals surface area contributed by atoms with Gasteiger partial charge in [-0.05, 0) is 40.4 Å². The average molecular weight is 594 g/mol. The van der Waals surface area contributed by atoms with Crippen molar-refractivity contribution in [1.82, 2.24) is 0 Å². The molecule has 0 aliphatic rings. The maximum absolute atomic E-state index is 12.2. The Morgan fingerprint density at radius 2 is 1.41 bits per heavy atom. The monoisotopic (exact) mass is 594 g/mol. The van der Waals surface area contributed by atoms with Gasteiger partial charge in [0.1, 0.15) is 15.0 Å². The molecule has 0 aliphatic heterocycles. The molecule has 0 saturated carbocycles. The van der Waals surface area contributed by atoms with Crippen LogP contribution in [0.3, 0.4) is 0 Å². The summed E-state index contributed by atoms with van der Waals surface area (Å²) in [5, 5.41) is 22.1.